The van der Waals surface area contributed by atoms with E-state index in [0.717, 1.165) is 11.1 Å². The van der Waals surface area contributed by atoms with Gasteiger partial charge in [-0.25, -0.2) is 9.78 Å². The summed E-state index contributed by atoms with van der Waals surface area (Å²) in [5.74, 6) is 1.44. The van der Waals surface area contributed by atoms with Gasteiger partial charge in [-0.1, -0.05) is 11.6 Å². The molecule has 1 heterocycles. The minimum atomic E-state index is -0.886. The molecule has 0 bridgehead atoms. The van der Waals surface area contributed by atoms with Gasteiger partial charge in [0.2, 0.25) is 0 Å². The number of nitrogens with zero attached hydrogens (tertiary/aromatic N) is 4. The first kappa shape index (κ1) is 31.7. The fourth-order valence-electron chi connectivity index (χ4n) is 4.81. The number of rotatable bonds is 11. The van der Waals surface area contributed by atoms with Crippen LogP contribution in [0.15, 0.2) is 59.7 Å². The molecule has 0 aliphatic carbocycles. The maximum atomic E-state index is 14.1. The minimum Gasteiger partial charge on any atom is -0.497 e. The molecule has 228 valence electrons. The average molecular weight is 619 g/mol. The Morgan fingerprint density at radius 1 is 0.909 bits per heavy atom. The predicted octanol–water partition coefficient (Wildman–Crippen LogP) is 5.09. The van der Waals surface area contributed by atoms with Crippen molar-refractivity contribution in [2.75, 3.05) is 40.4 Å². The Labute approximate surface area is 259 Å². The number of methoxy groups -OCH3 is 5. The predicted molar refractivity (Wildman–Crippen MR) is 165 cm³/mol. The van der Waals surface area contributed by atoms with Crippen molar-refractivity contribution in [1.82, 2.24) is 9.55 Å². The number of halogens is 1. The first-order chi connectivity index (χ1) is 21.2. The second-order valence-electron chi connectivity index (χ2n) is 9.56. The Bertz CT molecular complexity index is 1720. The Morgan fingerprint density at radius 2 is 1.48 bits per heavy atom. The Hall–Kier alpha value is -5.21. The molecule has 11 nitrogen and oxygen atoms in total. The second kappa shape index (κ2) is 13.8. The molecule has 0 saturated heterocycles. The van der Waals surface area contributed by atoms with Crippen molar-refractivity contribution < 1.29 is 28.5 Å². The molecule has 4 rings (SSSR count). The lowest BCUT2D eigenvalue weighted by molar-refractivity contribution is 0.0598. The number of aromatic nitrogens is 2. The highest BCUT2D eigenvalue weighted by molar-refractivity contribution is 6.32. The number of aryl methyl sites for hydroxylation is 1. The van der Waals surface area contributed by atoms with Crippen molar-refractivity contribution in [3.63, 3.8) is 0 Å². The first-order valence-electron chi connectivity index (χ1n) is 13.3. The van der Waals surface area contributed by atoms with Crippen molar-refractivity contribution in [3.05, 3.63) is 98.1 Å². The monoisotopic (exact) mass is 618 g/mol. The van der Waals surface area contributed by atoms with Gasteiger partial charge in [-0.2, -0.15) is 5.26 Å². The van der Waals surface area contributed by atoms with Gasteiger partial charge in [0.1, 0.15) is 29.3 Å². The molecule has 1 aromatic heterocycles. The number of esters is 1. The number of carbonyl (C=O) groups excluding carboxylic acids is 1. The number of benzene rings is 3. The van der Waals surface area contributed by atoms with Gasteiger partial charge in [0.25, 0.3) is 5.56 Å². The fourth-order valence-corrected chi connectivity index (χ4v) is 5.17. The van der Waals surface area contributed by atoms with Gasteiger partial charge in [0.15, 0.2) is 11.4 Å². The number of carbonyl (C=O) groups is 1. The summed E-state index contributed by atoms with van der Waals surface area (Å²) in [6.07, 6.45) is 1.30. The zero-order valence-electron chi connectivity index (χ0n) is 25.1. The summed E-state index contributed by atoms with van der Waals surface area (Å²) in [7, 11) is 7.38. The summed E-state index contributed by atoms with van der Waals surface area (Å²) < 4.78 is 28.2. The highest BCUT2D eigenvalue weighted by atomic mass is 35.5. The molecule has 0 atom stereocenters. The Kier molecular flexibility index (Phi) is 9.98. The van der Waals surface area contributed by atoms with Crippen LogP contribution in [0.3, 0.4) is 0 Å². The maximum absolute atomic E-state index is 14.1. The van der Waals surface area contributed by atoms with Gasteiger partial charge in [0, 0.05) is 36.3 Å². The Balaban J connectivity index is 1.95. The quantitative estimate of drug-likeness (QED) is 0.210. The fraction of sp³-hybridized carbons (Fsp3) is 0.250. The van der Waals surface area contributed by atoms with Gasteiger partial charge < -0.3 is 28.6 Å². The number of anilines is 1. The summed E-state index contributed by atoms with van der Waals surface area (Å²) in [5.41, 5.74) is 1.61. The van der Waals surface area contributed by atoms with Gasteiger partial charge in [-0.15, -0.1) is 0 Å². The molecule has 3 aromatic carbocycles. The molecule has 0 aliphatic heterocycles. The molecular formula is C32H31ClN4O7. The van der Waals surface area contributed by atoms with Crippen LogP contribution in [0.5, 0.6) is 23.0 Å². The van der Waals surface area contributed by atoms with E-state index < -0.39 is 11.5 Å². The van der Waals surface area contributed by atoms with E-state index >= 15 is 0 Å². The third-order valence-corrected chi connectivity index (χ3v) is 7.26. The van der Waals surface area contributed by atoms with Crippen LogP contribution < -0.4 is 29.4 Å². The van der Waals surface area contributed by atoms with Crippen LogP contribution >= 0.6 is 11.6 Å². The van der Waals surface area contributed by atoms with Crippen molar-refractivity contribution >= 4 is 23.4 Å². The average Bonchev–Trinajstić information content (AvgIpc) is 3.04. The van der Waals surface area contributed by atoms with E-state index in [1.165, 1.54) is 38.3 Å². The van der Waals surface area contributed by atoms with E-state index in [2.05, 4.69) is 4.98 Å². The molecule has 0 aliphatic rings. The highest BCUT2D eigenvalue weighted by Gasteiger charge is 2.27. The van der Waals surface area contributed by atoms with E-state index in [-0.39, 0.29) is 29.5 Å². The highest BCUT2D eigenvalue weighted by Crippen LogP contribution is 2.32. The van der Waals surface area contributed by atoms with Crippen LogP contribution in [0.1, 0.15) is 32.6 Å². The normalized spacial score (nSPS) is 10.5. The zero-order valence-corrected chi connectivity index (χ0v) is 25.9. The number of ether oxygens (including phenoxy) is 5. The lowest BCUT2D eigenvalue weighted by Crippen LogP contribution is -2.33. The van der Waals surface area contributed by atoms with Crippen molar-refractivity contribution in [3.8, 4) is 34.8 Å². The molecule has 44 heavy (non-hydrogen) atoms. The Morgan fingerprint density at radius 3 is 1.93 bits per heavy atom. The first-order valence-corrected chi connectivity index (χ1v) is 13.6. The van der Waals surface area contributed by atoms with E-state index in [9.17, 15) is 14.9 Å². The number of hydrogen-bond donors (Lipinski definition) is 0. The molecule has 12 heteroatoms. The van der Waals surface area contributed by atoms with Crippen LogP contribution in [0.2, 0.25) is 5.02 Å². The largest absolute Gasteiger partial charge is 0.497 e. The lowest BCUT2D eigenvalue weighted by atomic mass is 10.1. The summed E-state index contributed by atoms with van der Waals surface area (Å²) in [4.78, 5) is 33.7. The van der Waals surface area contributed by atoms with Gasteiger partial charge in [0.05, 0.1) is 57.9 Å². The molecule has 0 N–H and O–H groups in total. The van der Waals surface area contributed by atoms with Gasteiger partial charge in [-0.05, 0) is 48.9 Å². The smallest absolute Gasteiger partial charge is 0.347 e. The van der Waals surface area contributed by atoms with Crippen molar-refractivity contribution in [2.24, 2.45) is 0 Å². The van der Waals surface area contributed by atoms with Crippen LogP contribution in [0, 0.1) is 18.3 Å². The standard InChI is InChI=1S/C32H31ClN4O7/c1-19-11-20(15-34)12-25(33)29(19)37-18-35-30(28(31(37)38)32(39)44-6)36(16-21-7-9-23(40-2)13-26(21)42-4)17-22-8-10-24(41-3)14-27(22)43-5/h7-14,18H,16-17H2,1-6H3. The van der Waals surface area contributed by atoms with Crippen molar-refractivity contribution in [2.45, 2.75) is 20.0 Å². The minimum absolute atomic E-state index is 0.0660. The molecule has 0 amide bonds. The third kappa shape index (κ3) is 6.40. The van der Waals surface area contributed by atoms with Crippen molar-refractivity contribution in [1.29, 1.82) is 5.26 Å². The topological polar surface area (TPSA) is 125 Å². The summed E-state index contributed by atoms with van der Waals surface area (Å²) in [6, 6.07) is 15.8. The van der Waals surface area contributed by atoms with E-state index in [1.807, 2.05) is 18.2 Å². The second-order valence-corrected chi connectivity index (χ2v) is 9.96. The van der Waals surface area contributed by atoms with Gasteiger partial charge in [-0.3, -0.25) is 9.36 Å². The molecule has 0 radical (unpaired) electrons. The van der Waals surface area contributed by atoms with Crippen LogP contribution in [-0.4, -0.2) is 51.1 Å². The van der Waals surface area contributed by atoms with E-state index in [0.29, 0.717) is 39.8 Å². The SMILES string of the molecule is COC(=O)c1c(N(Cc2ccc(OC)cc2OC)Cc2ccc(OC)cc2OC)ncn(-c2c(C)cc(C#N)cc2Cl)c1=O. The maximum Gasteiger partial charge on any atom is 0.347 e. The van der Waals surface area contributed by atoms with Crippen LogP contribution in [0.25, 0.3) is 5.69 Å². The molecular weight excluding hydrogens is 588 g/mol. The molecule has 0 spiro atoms. The summed E-state index contributed by atoms with van der Waals surface area (Å²) >= 11 is 6.51. The number of hydrogen-bond acceptors (Lipinski definition) is 10. The van der Waals surface area contributed by atoms with Crippen LogP contribution in [0.4, 0.5) is 5.82 Å². The molecule has 0 fully saturated rings. The number of nitriles is 1. The molecule has 0 saturated carbocycles. The van der Waals surface area contributed by atoms with Crippen LogP contribution in [-0.2, 0) is 17.8 Å². The lowest BCUT2D eigenvalue weighted by Gasteiger charge is -2.27. The zero-order chi connectivity index (χ0) is 32.0. The van der Waals surface area contributed by atoms with E-state index in [4.69, 9.17) is 35.3 Å². The summed E-state index contributed by atoms with van der Waals surface area (Å²) in [5, 5.41) is 9.49. The van der Waals surface area contributed by atoms with Gasteiger partial charge >= 0.3 is 5.97 Å². The molecule has 4 aromatic rings. The van der Waals surface area contributed by atoms with E-state index in [1.54, 1.807) is 56.4 Å². The molecule has 0 unspecified atom stereocenters. The third-order valence-electron chi connectivity index (χ3n) is 6.98. The summed E-state index contributed by atoms with van der Waals surface area (Å²) in [6.45, 7) is 2.04.